The second-order valence-electron chi connectivity index (χ2n) is 5.69. The van der Waals surface area contributed by atoms with Gasteiger partial charge in [0.05, 0.1) is 24.0 Å². The molecule has 1 aromatic carbocycles. The number of carbonyl (C=O) groups is 2. The fourth-order valence-electron chi connectivity index (χ4n) is 2.71. The second-order valence-corrected chi connectivity index (χ2v) is 6.12. The van der Waals surface area contributed by atoms with Gasteiger partial charge in [-0.1, -0.05) is 17.7 Å². The lowest BCUT2D eigenvalue weighted by atomic mass is 10.2. The fourth-order valence-corrected chi connectivity index (χ4v) is 2.89. The Hall–Kier alpha value is -2.38. The average molecular weight is 348 g/mol. The number of carbonyl (C=O) groups excluding carboxylic acids is 2. The van der Waals surface area contributed by atoms with E-state index in [9.17, 15) is 9.59 Å². The van der Waals surface area contributed by atoms with Crippen LogP contribution in [0.15, 0.2) is 36.7 Å². The minimum atomic E-state index is -0.349. The zero-order valence-electron chi connectivity index (χ0n) is 13.1. The van der Waals surface area contributed by atoms with Crippen molar-refractivity contribution in [3.05, 3.63) is 47.2 Å². The van der Waals surface area contributed by atoms with Gasteiger partial charge in [-0.3, -0.25) is 14.5 Å². The van der Waals surface area contributed by atoms with Gasteiger partial charge in [0.15, 0.2) is 0 Å². The Kier molecular flexibility index (Phi) is 4.82. The largest absolute Gasteiger partial charge is 0.369 e. The van der Waals surface area contributed by atoms with E-state index in [1.165, 1.54) is 0 Å². The summed E-state index contributed by atoms with van der Waals surface area (Å²) in [6.07, 6.45) is 3.25. The molecular weight excluding hydrogens is 330 g/mol. The van der Waals surface area contributed by atoms with Crippen LogP contribution in [-0.2, 0) is 4.79 Å². The van der Waals surface area contributed by atoms with Gasteiger partial charge in [-0.05, 0) is 18.2 Å². The lowest BCUT2D eigenvalue weighted by Crippen LogP contribution is -2.50. The molecule has 0 bridgehead atoms. The van der Waals surface area contributed by atoms with Crippen LogP contribution in [0.2, 0.25) is 5.02 Å². The monoisotopic (exact) mass is 347 g/mol. The molecular formula is C16H18ClN5O2. The predicted molar refractivity (Wildman–Crippen MR) is 90.1 cm³/mol. The third-order valence-corrected chi connectivity index (χ3v) is 4.18. The van der Waals surface area contributed by atoms with Gasteiger partial charge in [0, 0.05) is 37.4 Å². The lowest BCUT2D eigenvalue weighted by molar-refractivity contribution is -0.119. The summed E-state index contributed by atoms with van der Waals surface area (Å²) in [5.74, 6) is -0.417. The van der Waals surface area contributed by atoms with E-state index in [4.69, 9.17) is 17.3 Å². The van der Waals surface area contributed by atoms with Crippen LogP contribution in [0.25, 0.3) is 5.69 Å². The Balaban J connectivity index is 1.65. The van der Waals surface area contributed by atoms with Crippen LogP contribution in [0, 0.1) is 0 Å². The smallest absolute Gasteiger partial charge is 0.257 e. The Bertz CT molecular complexity index is 752. The fraction of sp³-hybridized carbons (Fsp3) is 0.312. The number of nitrogens with two attached hydrogens (primary N) is 1. The normalized spacial score (nSPS) is 15.5. The number of benzene rings is 1. The quantitative estimate of drug-likeness (QED) is 0.885. The zero-order valence-corrected chi connectivity index (χ0v) is 13.8. The van der Waals surface area contributed by atoms with Crippen LogP contribution in [0.4, 0.5) is 0 Å². The molecule has 0 unspecified atom stereocenters. The Labute approximate surface area is 144 Å². The van der Waals surface area contributed by atoms with Crippen LogP contribution < -0.4 is 5.73 Å². The molecule has 3 rings (SSSR count). The maximum atomic E-state index is 12.6. The first-order valence-electron chi connectivity index (χ1n) is 7.63. The van der Waals surface area contributed by atoms with Crippen molar-refractivity contribution in [2.75, 3.05) is 32.7 Å². The third-order valence-electron chi connectivity index (χ3n) is 3.94. The SMILES string of the molecule is NC(=O)CN1CCN(C(=O)c2cnn(-c3cccc(Cl)c3)c2)CC1. The number of amides is 2. The third kappa shape index (κ3) is 3.74. The standard InChI is InChI=1S/C16H18ClN5O2/c17-13-2-1-3-14(8-13)22-10-12(9-19-22)16(24)21-6-4-20(5-7-21)11-15(18)23/h1-3,8-10H,4-7,11H2,(H2,18,23). The summed E-state index contributed by atoms with van der Waals surface area (Å²) in [4.78, 5) is 27.2. The zero-order chi connectivity index (χ0) is 17.1. The molecule has 1 aliphatic heterocycles. The van der Waals surface area contributed by atoms with Gasteiger partial charge in [-0.15, -0.1) is 0 Å². The average Bonchev–Trinajstić information content (AvgIpc) is 3.04. The summed E-state index contributed by atoms with van der Waals surface area (Å²) in [7, 11) is 0. The van der Waals surface area contributed by atoms with Gasteiger partial charge in [0.1, 0.15) is 0 Å². The van der Waals surface area contributed by atoms with Gasteiger partial charge in [-0.25, -0.2) is 4.68 Å². The van der Waals surface area contributed by atoms with Crippen LogP contribution in [-0.4, -0.2) is 64.1 Å². The molecule has 0 saturated carbocycles. The van der Waals surface area contributed by atoms with Crippen molar-refractivity contribution in [2.45, 2.75) is 0 Å². The van der Waals surface area contributed by atoms with Gasteiger partial charge in [0.2, 0.25) is 5.91 Å². The van der Waals surface area contributed by atoms with Crippen molar-refractivity contribution in [1.29, 1.82) is 0 Å². The molecule has 0 spiro atoms. The first-order chi connectivity index (χ1) is 11.5. The summed E-state index contributed by atoms with van der Waals surface area (Å²) in [5.41, 5.74) is 6.52. The minimum Gasteiger partial charge on any atom is -0.369 e. The number of hydrogen-bond donors (Lipinski definition) is 1. The molecule has 0 radical (unpaired) electrons. The molecule has 1 saturated heterocycles. The van der Waals surface area contributed by atoms with E-state index in [0.717, 1.165) is 5.69 Å². The molecule has 0 aliphatic carbocycles. The molecule has 24 heavy (non-hydrogen) atoms. The highest BCUT2D eigenvalue weighted by Gasteiger charge is 2.23. The molecule has 7 nitrogen and oxygen atoms in total. The molecule has 126 valence electrons. The molecule has 0 atom stereocenters. The summed E-state index contributed by atoms with van der Waals surface area (Å²) in [5, 5.41) is 4.85. The number of halogens is 1. The van der Waals surface area contributed by atoms with Crippen LogP contribution in [0.3, 0.4) is 0 Å². The van der Waals surface area contributed by atoms with E-state index in [0.29, 0.717) is 36.8 Å². The van der Waals surface area contributed by atoms with Gasteiger partial charge in [0.25, 0.3) is 5.91 Å². The number of piperazine rings is 1. The van der Waals surface area contributed by atoms with E-state index in [1.807, 2.05) is 17.0 Å². The van der Waals surface area contributed by atoms with Crippen molar-refractivity contribution in [2.24, 2.45) is 5.73 Å². The highest BCUT2D eigenvalue weighted by Crippen LogP contribution is 2.15. The van der Waals surface area contributed by atoms with E-state index in [2.05, 4.69) is 5.10 Å². The van der Waals surface area contributed by atoms with Crippen molar-refractivity contribution in [1.82, 2.24) is 19.6 Å². The predicted octanol–water partition coefficient (Wildman–Crippen LogP) is 0.769. The molecule has 1 aliphatic rings. The molecule has 2 heterocycles. The molecule has 2 aromatic rings. The molecule has 8 heteroatoms. The molecule has 2 amide bonds. The van der Waals surface area contributed by atoms with Crippen molar-refractivity contribution < 1.29 is 9.59 Å². The van der Waals surface area contributed by atoms with E-state index in [1.54, 1.807) is 34.1 Å². The maximum Gasteiger partial charge on any atom is 0.257 e. The van der Waals surface area contributed by atoms with Gasteiger partial charge >= 0.3 is 0 Å². The lowest BCUT2D eigenvalue weighted by Gasteiger charge is -2.33. The first kappa shape index (κ1) is 16.5. The Morgan fingerprint density at radius 1 is 1.21 bits per heavy atom. The van der Waals surface area contributed by atoms with Crippen molar-refractivity contribution in [3.63, 3.8) is 0 Å². The number of aromatic nitrogens is 2. The Morgan fingerprint density at radius 3 is 2.62 bits per heavy atom. The second kappa shape index (κ2) is 7.02. The number of primary amides is 1. The van der Waals surface area contributed by atoms with Gasteiger partial charge < -0.3 is 10.6 Å². The van der Waals surface area contributed by atoms with Crippen molar-refractivity contribution in [3.8, 4) is 5.69 Å². The molecule has 2 N–H and O–H groups in total. The highest BCUT2D eigenvalue weighted by molar-refractivity contribution is 6.30. The summed E-state index contributed by atoms with van der Waals surface area (Å²) >= 11 is 5.98. The Morgan fingerprint density at radius 2 is 1.96 bits per heavy atom. The van der Waals surface area contributed by atoms with Crippen LogP contribution in [0.5, 0.6) is 0 Å². The molecule has 1 aromatic heterocycles. The van der Waals surface area contributed by atoms with E-state index in [-0.39, 0.29) is 18.4 Å². The van der Waals surface area contributed by atoms with Crippen LogP contribution in [0.1, 0.15) is 10.4 Å². The number of hydrogen-bond acceptors (Lipinski definition) is 4. The van der Waals surface area contributed by atoms with Crippen molar-refractivity contribution >= 4 is 23.4 Å². The topological polar surface area (TPSA) is 84.5 Å². The number of rotatable bonds is 4. The highest BCUT2D eigenvalue weighted by atomic mass is 35.5. The molecule has 1 fully saturated rings. The van der Waals surface area contributed by atoms with E-state index < -0.39 is 0 Å². The maximum absolute atomic E-state index is 12.6. The first-order valence-corrected chi connectivity index (χ1v) is 8.01. The van der Waals surface area contributed by atoms with E-state index >= 15 is 0 Å². The summed E-state index contributed by atoms with van der Waals surface area (Å²) in [6.45, 7) is 2.63. The summed E-state index contributed by atoms with van der Waals surface area (Å²) in [6, 6.07) is 7.27. The summed E-state index contributed by atoms with van der Waals surface area (Å²) < 4.78 is 1.63. The number of nitrogens with zero attached hydrogens (tertiary/aromatic N) is 4. The minimum absolute atomic E-state index is 0.0676. The van der Waals surface area contributed by atoms with Crippen LogP contribution >= 0.6 is 11.6 Å². The van der Waals surface area contributed by atoms with Gasteiger partial charge in [-0.2, -0.15) is 5.10 Å².